The van der Waals surface area contributed by atoms with Crippen molar-refractivity contribution in [3.8, 4) is 11.1 Å². The van der Waals surface area contributed by atoms with Crippen molar-refractivity contribution in [2.75, 3.05) is 13.1 Å². The maximum absolute atomic E-state index is 15.2. The number of benzene rings is 2. The van der Waals surface area contributed by atoms with Crippen LogP contribution in [0, 0.1) is 5.82 Å². The van der Waals surface area contributed by atoms with Gasteiger partial charge in [-0.2, -0.15) is 0 Å². The largest absolute Gasteiger partial charge is 0.444 e. The number of halogens is 2. The van der Waals surface area contributed by atoms with Crippen molar-refractivity contribution < 1.29 is 32.6 Å². The van der Waals surface area contributed by atoms with Gasteiger partial charge in [0, 0.05) is 36.0 Å². The number of ether oxygens (including phenoxy) is 2. The van der Waals surface area contributed by atoms with Gasteiger partial charge in [0.2, 0.25) is 0 Å². The minimum atomic E-state index is -1.57. The van der Waals surface area contributed by atoms with Gasteiger partial charge in [0.05, 0.1) is 12.6 Å². The second-order valence-corrected chi connectivity index (χ2v) is 12.5. The SMILES string of the molecule is CC(C)(C)OC(=O)NC[C@H](F)C[C@H](CN1Cc2ccccc2-c2c([nH]c3ccc(F)cc23)C1=O)NC(=O)OC(C)(C)C. The number of carbonyl (C=O) groups excluding carboxylic acids is 3. The number of H-pyrrole nitrogens is 1. The summed E-state index contributed by atoms with van der Waals surface area (Å²) < 4.78 is 40.0. The molecule has 3 amide bonds. The van der Waals surface area contributed by atoms with Gasteiger partial charge in [0.25, 0.3) is 5.91 Å². The van der Waals surface area contributed by atoms with Crippen molar-refractivity contribution in [2.24, 2.45) is 0 Å². The molecule has 0 fully saturated rings. The third-order valence-electron chi connectivity index (χ3n) is 6.48. The van der Waals surface area contributed by atoms with E-state index >= 15 is 4.39 Å². The highest BCUT2D eigenvalue weighted by atomic mass is 19.1. The number of nitrogens with zero attached hydrogens (tertiary/aromatic N) is 1. The van der Waals surface area contributed by atoms with E-state index in [9.17, 15) is 18.8 Å². The molecule has 0 unspecified atom stereocenters. The lowest BCUT2D eigenvalue weighted by molar-refractivity contribution is 0.0446. The average molecular weight is 585 g/mol. The lowest BCUT2D eigenvalue weighted by Crippen LogP contribution is -2.48. The first-order chi connectivity index (χ1) is 19.6. The van der Waals surface area contributed by atoms with Crippen LogP contribution in [0.3, 0.4) is 0 Å². The first-order valence-corrected chi connectivity index (χ1v) is 13.9. The smallest absolute Gasteiger partial charge is 0.407 e. The summed E-state index contributed by atoms with van der Waals surface area (Å²) in [5, 5.41) is 5.69. The van der Waals surface area contributed by atoms with Crippen LogP contribution in [0.5, 0.6) is 0 Å². The molecule has 0 bridgehead atoms. The molecule has 42 heavy (non-hydrogen) atoms. The third-order valence-corrected chi connectivity index (χ3v) is 6.48. The fourth-order valence-corrected chi connectivity index (χ4v) is 4.91. The highest BCUT2D eigenvalue weighted by Gasteiger charge is 2.32. The maximum Gasteiger partial charge on any atom is 0.407 e. The van der Waals surface area contributed by atoms with E-state index in [0.29, 0.717) is 16.5 Å². The monoisotopic (exact) mass is 584 g/mol. The number of aromatic nitrogens is 1. The molecule has 1 aromatic heterocycles. The van der Waals surface area contributed by atoms with Crippen LogP contribution in [-0.2, 0) is 16.0 Å². The normalized spacial score (nSPS) is 14.9. The van der Waals surface area contributed by atoms with Crippen molar-refractivity contribution in [3.05, 3.63) is 59.5 Å². The predicted molar refractivity (Wildman–Crippen MR) is 155 cm³/mol. The number of rotatable bonds is 7. The highest BCUT2D eigenvalue weighted by molar-refractivity contribution is 6.11. The second kappa shape index (κ2) is 12.0. The van der Waals surface area contributed by atoms with Gasteiger partial charge in [-0.15, -0.1) is 0 Å². The Morgan fingerprint density at radius 2 is 1.69 bits per heavy atom. The molecule has 4 rings (SSSR count). The highest BCUT2D eigenvalue weighted by Crippen LogP contribution is 2.38. The van der Waals surface area contributed by atoms with Crippen molar-refractivity contribution in [3.63, 3.8) is 0 Å². The minimum absolute atomic E-state index is 0.0531. The Bertz CT molecular complexity index is 1470. The number of alkyl halides is 1. The Labute approximate surface area is 243 Å². The van der Waals surface area contributed by atoms with E-state index in [-0.39, 0.29) is 37.7 Å². The van der Waals surface area contributed by atoms with Gasteiger partial charge >= 0.3 is 12.2 Å². The van der Waals surface area contributed by atoms with Gasteiger partial charge in [-0.1, -0.05) is 24.3 Å². The molecule has 0 radical (unpaired) electrons. The number of hydrogen-bond acceptors (Lipinski definition) is 5. The Hall–Kier alpha value is -4.15. The molecule has 9 nitrogen and oxygen atoms in total. The lowest BCUT2D eigenvalue weighted by atomic mass is 9.98. The van der Waals surface area contributed by atoms with Crippen LogP contribution in [0.2, 0.25) is 0 Å². The number of nitrogens with one attached hydrogen (secondary N) is 3. The number of alkyl carbamates (subject to hydrolysis) is 2. The first kappa shape index (κ1) is 30.8. The van der Waals surface area contributed by atoms with Gasteiger partial charge < -0.3 is 30.0 Å². The molecule has 0 saturated heterocycles. The Kier molecular flexibility index (Phi) is 8.79. The molecule has 0 aliphatic carbocycles. The van der Waals surface area contributed by atoms with Crippen LogP contribution >= 0.6 is 0 Å². The summed E-state index contributed by atoms with van der Waals surface area (Å²) in [5.41, 5.74) is 1.53. The van der Waals surface area contributed by atoms with Gasteiger partial charge in [0.15, 0.2) is 0 Å². The topological polar surface area (TPSA) is 113 Å². The zero-order valence-corrected chi connectivity index (χ0v) is 24.8. The third kappa shape index (κ3) is 7.77. The van der Waals surface area contributed by atoms with Crippen LogP contribution in [0.1, 0.15) is 64.0 Å². The minimum Gasteiger partial charge on any atom is -0.444 e. The maximum atomic E-state index is 15.2. The Balaban J connectivity index is 1.60. The van der Waals surface area contributed by atoms with Gasteiger partial charge in [-0.25, -0.2) is 18.4 Å². The molecular formula is C31H38F2N4O5. The van der Waals surface area contributed by atoms with Crippen LogP contribution in [-0.4, -0.2) is 64.5 Å². The molecule has 3 aromatic rings. The number of fused-ring (bicyclic) bond motifs is 5. The van der Waals surface area contributed by atoms with Crippen LogP contribution in [0.15, 0.2) is 42.5 Å². The van der Waals surface area contributed by atoms with E-state index in [2.05, 4.69) is 15.6 Å². The molecule has 11 heteroatoms. The van der Waals surface area contributed by atoms with E-state index in [4.69, 9.17) is 9.47 Å². The van der Waals surface area contributed by atoms with Gasteiger partial charge in [-0.3, -0.25) is 4.79 Å². The second-order valence-electron chi connectivity index (χ2n) is 12.5. The lowest BCUT2D eigenvalue weighted by Gasteiger charge is -2.29. The molecule has 1 aliphatic rings. The Morgan fingerprint density at radius 3 is 2.38 bits per heavy atom. The summed E-state index contributed by atoms with van der Waals surface area (Å²) >= 11 is 0. The van der Waals surface area contributed by atoms with E-state index in [0.717, 1.165) is 11.1 Å². The van der Waals surface area contributed by atoms with Crippen molar-refractivity contribution in [2.45, 2.75) is 77.9 Å². The van der Waals surface area contributed by atoms with Gasteiger partial charge in [0.1, 0.15) is 28.9 Å². The number of aromatic amines is 1. The molecular weight excluding hydrogens is 546 g/mol. The molecule has 226 valence electrons. The Morgan fingerprint density at radius 1 is 1.02 bits per heavy atom. The van der Waals surface area contributed by atoms with E-state index < -0.39 is 41.4 Å². The summed E-state index contributed by atoms with van der Waals surface area (Å²) in [5.74, 6) is -0.804. The number of amides is 3. The molecule has 0 spiro atoms. The predicted octanol–water partition coefficient (Wildman–Crippen LogP) is 6.08. The summed E-state index contributed by atoms with van der Waals surface area (Å²) in [6.45, 7) is 9.99. The first-order valence-electron chi connectivity index (χ1n) is 13.9. The van der Waals surface area contributed by atoms with E-state index in [1.807, 2.05) is 24.3 Å². The fourth-order valence-electron chi connectivity index (χ4n) is 4.91. The standard InChI is InChI=1S/C31H38F2N4O5/c1-30(2,3)41-28(39)34-15-20(33)13-21(35-29(40)42-31(4,5)6)17-37-16-18-9-7-8-10-22(18)25-23-14-19(32)11-12-24(23)36-26(25)27(37)38/h7-12,14,20-21,36H,13,15-17H2,1-6H3,(H,34,39)(H,35,40)/t20-,21-/m1/s1. The molecule has 3 N–H and O–H groups in total. The van der Waals surface area contributed by atoms with Crippen LogP contribution in [0.25, 0.3) is 22.0 Å². The van der Waals surface area contributed by atoms with Crippen molar-refractivity contribution in [1.29, 1.82) is 0 Å². The van der Waals surface area contributed by atoms with Crippen LogP contribution < -0.4 is 10.6 Å². The van der Waals surface area contributed by atoms with Crippen LogP contribution in [0.4, 0.5) is 18.4 Å². The zero-order chi connectivity index (χ0) is 30.8. The van der Waals surface area contributed by atoms with Gasteiger partial charge in [-0.05, 0) is 70.9 Å². The molecule has 1 aliphatic heterocycles. The van der Waals surface area contributed by atoms with Crippen molar-refractivity contribution in [1.82, 2.24) is 20.5 Å². The van der Waals surface area contributed by atoms with E-state index in [1.54, 1.807) is 47.6 Å². The summed E-state index contributed by atoms with van der Waals surface area (Å²) in [7, 11) is 0. The summed E-state index contributed by atoms with van der Waals surface area (Å²) in [4.78, 5) is 43.3. The quantitative estimate of drug-likeness (QED) is 0.312. The number of carbonyl (C=O) groups is 3. The molecule has 2 heterocycles. The zero-order valence-electron chi connectivity index (χ0n) is 24.8. The summed E-state index contributed by atoms with van der Waals surface area (Å²) in [6, 6.07) is 10.9. The molecule has 0 saturated carbocycles. The van der Waals surface area contributed by atoms with E-state index in [1.165, 1.54) is 17.0 Å². The summed E-state index contributed by atoms with van der Waals surface area (Å²) in [6.07, 6.45) is -3.31. The number of hydrogen-bond donors (Lipinski definition) is 3. The molecule has 2 aromatic carbocycles. The van der Waals surface area contributed by atoms with Crippen molar-refractivity contribution >= 4 is 29.0 Å². The fraction of sp³-hybridized carbons (Fsp3) is 0.452. The average Bonchev–Trinajstić information content (AvgIpc) is 3.18. The molecule has 2 atom stereocenters.